The maximum atomic E-state index is 11.9. The van der Waals surface area contributed by atoms with E-state index in [-0.39, 0.29) is 5.75 Å². The number of alkyl halides is 3. The lowest BCUT2D eigenvalue weighted by Gasteiger charge is -2.11. The number of hydrogen-bond donors (Lipinski definition) is 5. The van der Waals surface area contributed by atoms with Crippen LogP contribution in [0.4, 0.5) is 23.7 Å². The Bertz CT molecular complexity index is 395. The normalized spacial score (nSPS) is 10.7. The molecule has 0 heterocycles. The molecule has 10 heteroatoms. The van der Waals surface area contributed by atoms with Gasteiger partial charge in [0.25, 0.3) is 0 Å². The number of hydrazine groups is 3. The topological polar surface area (TPSA) is 100 Å². The molecule has 7 nitrogen and oxygen atoms in total. The summed E-state index contributed by atoms with van der Waals surface area (Å²) in [5.74, 6) is 4.43. The first-order chi connectivity index (χ1) is 8.40. The Morgan fingerprint density at radius 1 is 1.22 bits per heavy atom. The van der Waals surface area contributed by atoms with Crippen LogP contribution in [0.15, 0.2) is 24.3 Å². The molecule has 0 aromatic heterocycles. The summed E-state index contributed by atoms with van der Waals surface area (Å²) >= 11 is 0. The van der Waals surface area contributed by atoms with E-state index in [0.29, 0.717) is 5.69 Å². The van der Waals surface area contributed by atoms with Gasteiger partial charge in [-0.15, -0.1) is 18.7 Å². The molecule has 6 N–H and O–H groups in total. The number of halogens is 3. The minimum Gasteiger partial charge on any atom is -0.406 e. The zero-order valence-electron chi connectivity index (χ0n) is 8.84. The smallest absolute Gasteiger partial charge is 0.406 e. The van der Waals surface area contributed by atoms with Crippen LogP contribution < -0.4 is 32.4 Å². The molecule has 0 spiro atoms. The van der Waals surface area contributed by atoms with E-state index >= 15 is 0 Å². The molecular formula is C8H10F3N5O2. The molecule has 1 rings (SSSR count). The highest BCUT2D eigenvalue weighted by atomic mass is 19.4. The van der Waals surface area contributed by atoms with E-state index in [0.717, 1.165) is 12.1 Å². The summed E-state index contributed by atoms with van der Waals surface area (Å²) in [4.78, 5) is 10.6. The molecule has 1 aromatic carbocycles. The molecular weight excluding hydrogens is 255 g/mol. The highest BCUT2D eigenvalue weighted by Gasteiger charge is 2.30. The van der Waals surface area contributed by atoms with Crippen molar-refractivity contribution < 1.29 is 22.7 Å². The number of nitrogens with two attached hydrogens (primary N) is 1. The molecule has 1 aromatic rings. The Morgan fingerprint density at radius 3 is 2.33 bits per heavy atom. The second kappa shape index (κ2) is 5.93. The molecule has 0 aliphatic heterocycles. The average Bonchev–Trinajstić information content (AvgIpc) is 2.29. The van der Waals surface area contributed by atoms with E-state index in [1.54, 1.807) is 5.43 Å². The fraction of sp³-hybridized carbons (Fsp3) is 0.125. The lowest BCUT2D eigenvalue weighted by atomic mass is 10.3. The highest BCUT2D eigenvalue weighted by Crippen LogP contribution is 2.23. The highest BCUT2D eigenvalue weighted by molar-refractivity contribution is 5.72. The first kappa shape index (κ1) is 13.9. The van der Waals surface area contributed by atoms with Crippen molar-refractivity contribution in [1.82, 2.24) is 16.4 Å². The van der Waals surface area contributed by atoms with Crippen LogP contribution in [0.2, 0.25) is 0 Å². The van der Waals surface area contributed by atoms with Crippen LogP contribution in [0.25, 0.3) is 0 Å². The van der Waals surface area contributed by atoms with Crippen molar-refractivity contribution in [3.63, 3.8) is 0 Å². The third-order valence-electron chi connectivity index (χ3n) is 1.60. The van der Waals surface area contributed by atoms with Crippen molar-refractivity contribution in [2.24, 2.45) is 5.84 Å². The van der Waals surface area contributed by atoms with Gasteiger partial charge in [-0.2, -0.15) is 0 Å². The summed E-state index contributed by atoms with van der Waals surface area (Å²) in [7, 11) is 0. The van der Waals surface area contributed by atoms with Crippen LogP contribution in [0.3, 0.4) is 0 Å². The van der Waals surface area contributed by atoms with Crippen LogP contribution in [-0.2, 0) is 0 Å². The van der Waals surface area contributed by atoms with Gasteiger partial charge in [0.1, 0.15) is 5.75 Å². The van der Waals surface area contributed by atoms with Gasteiger partial charge in [0.15, 0.2) is 0 Å². The minimum atomic E-state index is -4.73. The Morgan fingerprint density at radius 2 is 1.83 bits per heavy atom. The lowest BCUT2D eigenvalue weighted by molar-refractivity contribution is -0.274. The molecule has 0 saturated heterocycles. The quantitative estimate of drug-likeness (QED) is 0.311. The van der Waals surface area contributed by atoms with Crippen LogP contribution in [0.5, 0.6) is 5.75 Å². The molecule has 100 valence electrons. The third kappa shape index (κ3) is 5.23. The summed E-state index contributed by atoms with van der Waals surface area (Å²) in [6, 6.07) is 4.16. The van der Waals surface area contributed by atoms with Crippen molar-refractivity contribution in [3.8, 4) is 5.75 Å². The maximum absolute atomic E-state index is 11.9. The summed E-state index contributed by atoms with van der Waals surface area (Å²) in [6.45, 7) is 0. The molecule has 0 atom stereocenters. The number of ether oxygens (including phenoxy) is 1. The predicted molar refractivity (Wildman–Crippen MR) is 55.7 cm³/mol. The van der Waals surface area contributed by atoms with Gasteiger partial charge in [0.2, 0.25) is 0 Å². The number of carbonyl (C=O) groups excluding carboxylic acids is 1. The Labute approximate surface area is 99.4 Å². The molecule has 2 amide bonds. The van der Waals surface area contributed by atoms with Gasteiger partial charge in [0, 0.05) is 0 Å². The number of hydrogen-bond acceptors (Lipinski definition) is 5. The molecule has 0 radical (unpaired) electrons. The monoisotopic (exact) mass is 265 g/mol. The van der Waals surface area contributed by atoms with E-state index in [2.05, 4.69) is 21.1 Å². The zero-order valence-corrected chi connectivity index (χ0v) is 8.84. The first-order valence-electron chi connectivity index (χ1n) is 4.54. The number of rotatable bonds is 4. The largest absolute Gasteiger partial charge is 0.573 e. The van der Waals surface area contributed by atoms with Crippen molar-refractivity contribution in [3.05, 3.63) is 24.3 Å². The fourth-order valence-electron chi connectivity index (χ4n) is 0.936. The second-order valence-electron chi connectivity index (χ2n) is 2.92. The van der Waals surface area contributed by atoms with Gasteiger partial charge in [-0.3, -0.25) is 10.9 Å². The first-order valence-corrected chi connectivity index (χ1v) is 4.54. The predicted octanol–water partition coefficient (Wildman–Crippen LogP) is 0.590. The van der Waals surface area contributed by atoms with Crippen molar-refractivity contribution >= 4 is 11.7 Å². The molecule has 0 unspecified atom stereocenters. The summed E-state index contributed by atoms with van der Waals surface area (Å²) in [6.07, 6.45) is -4.73. The standard InChI is InChI=1S/C8H10F3N5O2/c9-8(10,11)18-6-3-1-5(2-4-6)14-16-15-7(17)13-12/h1-4,14,16H,12H2,(H2,13,15,17). The van der Waals surface area contributed by atoms with Gasteiger partial charge in [-0.1, -0.05) is 0 Å². The number of amides is 2. The molecule has 0 fully saturated rings. The number of nitrogens with one attached hydrogen (secondary N) is 4. The minimum absolute atomic E-state index is 0.347. The summed E-state index contributed by atoms with van der Waals surface area (Å²) < 4.78 is 39.2. The van der Waals surface area contributed by atoms with E-state index in [9.17, 15) is 18.0 Å². The average molecular weight is 265 g/mol. The Hall–Kier alpha value is -2.20. The van der Waals surface area contributed by atoms with Crippen LogP contribution >= 0.6 is 0 Å². The Kier molecular flexibility index (Phi) is 4.57. The van der Waals surface area contributed by atoms with Crippen molar-refractivity contribution in [2.45, 2.75) is 6.36 Å². The van der Waals surface area contributed by atoms with Crippen LogP contribution in [0.1, 0.15) is 0 Å². The number of anilines is 1. The summed E-state index contributed by atoms with van der Waals surface area (Å²) in [5, 5.41) is 0. The molecule has 0 aliphatic carbocycles. The number of benzene rings is 1. The number of carbonyl (C=O) groups is 1. The number of urea groups is 1. The molecule has 0 aliphatic rings. The lowest BCUT2D eigenvalue weighted by Crippen LogP contribution is -2.48. The maximum Gasteiger partial charge on any atom is 0.573 e. The summed E-state index contributed by atoms with van der Waals surface area (Å²) in [5.41, 5.74) is 9.03. The van der Waals surface area contributed by atoms with Gasteiger partial charge in [-0.05, 0) is 24.3 Å². The molecule has 0 bridgehead atoms. The van der Waals surface area contributed by atoms with E-state index in [1.165, 1.54) is 12.1 Å². The van der Waals surface area contributed by atoms with E-state index in [4.69, 9.17) is 5.84 Å². The second-order valence-corrected chi connectivity index (χ2v) is 2.92. The third-order valence-corrected chi connectivity index (χ3v) is 1.60. The SMILES string of the molecule is NNC(=O)NNNc1ccc(OC(F)(F)F)cc1. The van der Waals surface area contributed by atoms with Crippen molar-refractivity contribution in [2.75, 3.05) is 5.43 Å². The fourth-order valence-corrected chi connectivity index (χ4v) is 0.936. The zero-order chi connectivity index (χ0) is 13.6. The van der Waals surface area contributed by atoms with Crippen molar-refractivity contribution in [1.29, 1.82) is 0 Å². The van der Waals surface area contributed by atoms with Crippen LogP contribution in [0, 0.1) is 0 Å². The van der Waals surface area contributed by atoms with Gasteiger partial charge >= 0.3 is 12.4 Å². The van der Waals surface area contributed by atoms with Gasteiger partial charge in [-0.25, -0.2) is 10.6 Å². The van der Waals surface area contributed by atoms with E-state index < -0.39 is 12.4 Å². The van der Waals surface area contributed by atoms with Gasteiger partial charge < -0.3 is 10.2 Å². The van der Waals surface area contributed by atoms with Crippen LogP contribution in [-0.4, -0.2) is 12.4 Å². The molecule has 18 heavy (non-hydrogen) atoms. The molecule has 0 saturated carbocycles. The van der Waals surface area contributed by atoms with E-state index in [1.807, 2.05) is 0 Å². The van der Waals surface area contributed by atoms with Gasteiger partial charge in [0.05, 0.1) is 5.69 Å². The Balaban J connectivity index is 2.43.